The fourth-order valence-corrected chi connectivity index (χ4v) is 2.81. The zero-order valence-electron chi connectivity index (χ0n) is 12.6. The highest BCUT2D eigenvalue weighted by Gasteiger charge is 2.29. The molecule has 6 nitrogen and oxygen atoms in total. The number of amides is 1. The van der Waals surface area contributed by atoms with Crippen LogP contribution in [0.2, 0.25) is 0 Å². The lowest BCUT2D eigenvalue weighted by Crippen LogP contribution is -2.40. The van der Waals surface area contributed by atoms with E-state index in [2.05, 4.69) is 5.10 Å². The van der Waals surface area contributed by atoms with Crippen LogP contribution in [0.25, 0.3) is 5.69 Å². The van der Waals surface area contributed by atoms with E-state index in [0.29, 0.717) is 12.2 Å². The van der Waals surface area contributed by atoms with Crippen LogP contribution >= 0.6 is 0 Å². The summed E-state index contributed by atoms with van der Waals surface area (Å²) in [6.07, 6.45) is 3.77. The molecule has 2 heterocycles. The maximum Gasteiger partial charge on any atom is 0.274 e. The van der Waals surface area contributed by atoms with Gasteiger partial charge in [0, 0.05) is 25.3 Å². The number of aromatic nitrogens is 2. The number of rotatable bonds is 4. The van der Waals surface area contributed by atoms with Gasteiger partial charge in [-0.3, -0.25) is 4.79 Å². The number of carbonyl (C=O) groups excluding carboxylic acids is 1. The second-order valence-electron chi connectivity index (χ2n) is 5.37. The molecule has 116 valence electrons. The van der Waals surface area contributed by atoms with E-state index in [-0.39, 0.29) is 11.9 Å². The topological polar surface area (TPSA) is 73.4 Å². The summed E-state index contributed by atoms with van der Waals surface area (Å²) in [7, 11) is 1.63. The highest BCUT2D eigenvalue weighted by molar-refractivity contribution is 5.92. The number of methoxy groups -OCH3 is 1. The molecular weight excluding hydrogens is 280 g/mol. The Labute approximate surface area is 129 Å². The minimum absolute atomic E-state index is 0.0415. The first-order valence-corrected chi connectivity index (χ1v) is 7.44. The van der Waals surface area contributed by atoms with E-state index in [1.54, 1.807) is 24.1 Å². The predicted molar refractivity (Wildman–Crippen MR) is 83.2 cm³/mol. The number of hydrogen-bond donors (Lipinski definition) is 1. The Morgan fingerprint density at radius 1 is 1.36 bits per heavy atom. The molecule has 2 aromatic rings. The summed E-state index contributed by atoms with van der Waals surface area (Å²) in [6.45, 7) is 1.26. The van der Waals surface area contributed by atoms with Crippen molar-refractivity contribution < 1.29 is 9.53 Å². The van der Waals surface area contributed by atoms with Crippen molar-refractivity contribution in [3.05, 3.63) is 42.2 Å². The molecule has 1 amide bonds. The summed E-state index contributed by atoms with van der Waals surface area (Å²) >= 11 is 0. The monoisotopic (exact) mass is 300 g/mol. The summed E-state index contributed by atoms with van der Waals surface area (Å²) in [5.41, 5.74) is 7.07. The van der Waals surface area contributed by atoms with Gasteiger partial charge >= 0.3 is 0 Å². The Balaban J connectivity index is 1.79. The summed E-state index contributed by atoms with van der Waals surface area (Å²) in [5, 5.41) is 4.39. The Bertz CT molecular complexity index is 650. The number of benzene rings is 1. The van der Waals surface area contributed by atoms with E-state index in [1.165, 1.54) is 0 Å². The van der Waals surface area contributed by atoms with Gasteiger partial charge in [-0.1, -0.05) is 0 Å². The molecule has 0 radical (unpaired) electrons. The van der Waals surface area contributed by atoms with Crippen molar-refractivity contribution in [2.45, 2.75) is 18.9 Å². The van der Waals surface area contributed by atoms with Crippen LogP contribution in [-0.4, -0.2) is 46.8 Å². The van der Waals surface area contributed by atoms with Gasteiger partial charge in [-0.05, 0) is 43.2 Å². The van der Waals surface area contributed by atoms with Crippen molar-refractivity contribution in [3.8, 4) is 11.4 Å². The van der Waals surface area contributed by atoms with Gasteiger partial charge in [-0.15, -0.1) is 0 Å². The Morgan fingerprint density at radius 2 is 2.14 bits per heavy atom. The standard InChI is InChI=1S/C16H20N4O2/c1-22-14-6-4-12(5-7-14)20-10-8-15(18-20)16(21)19-9-2-3-13(19)11-17/h4-8,10,13H,2-3,9,11,17H2,1H3. The number of likely N-dealkylation sites (tertiary alicyclic amines) is 1. The molecule has 0 spiro atoms. The van der Waals surface area contributed by atoms with E-state index in [1.807, 2.05) is 29.2 Å². The van der Waals surface area contributed by atoms with Crippen molar-refractivity contribution in [2.24, 2.45) is 5.73 Å². The molecule has 1 aliphatic rings. The van der Waals surface area contributed by atoms with Crippen LogP contribution in [0, 0.1) is 0 Å². The van der Waals surface area contributed by atoms with E-state index in [9.17, 15) is 4.79 Å². The fraction of sp³-hybridized carbons (Fsp3) is 0.375. The van der Waals surface area contributed by atoms with Gasteiger partial charge in [0.15, 0.2) is 5.69 Å². The third kappa shape index (κ3) is 2.69. The molecule has 0 aliphatic carbocycles. The molecule has 6 heteroatoms. The van der Waals surface area contributed by atoms with Crippen LogP contribution in [-0.2, 0) is 0 Å². The van der Waals surface area contributed by atoms with Gasteiger partial charge in [0.1, 0.15) is 5.75 Å². The molecule has 1 fully saturated rings. The first kappa shape index (κ1) is 14.6. The van der Waals surface area contributed by atoms with E-state index < -0.39 is 0 Å². The van der Waals surface area contributed by atoms with Crippen molar-refractivity contribution in [2.75, 3.05) is 20.2 Å². The summed E-state index contributed by atoms with van der Waals surface area (Å²) in [5.74, 6) is 0.746. The van der Waals surface area contributed by atoms with Crippen molar-refractivity contribution in [1.82, 2.24) is 14.7 Å². The van der Waals surface area contributed by atoms with Crippen LogP contribution in [0.5, 0.6) is 5.75 Å². The van der Waals surface area contributed by atoms with E-state index in [4.69, 9.17) is 10.5 Å². The summed E-state index contributed by atoms with van der Waals surface area (Å²) in [4.78, 5) is 14.4. The van der Waals surface area contributed by atoms with Gasteiger partial charge in [-0.25, -0.2) is 4.68 Å². The highest BCUT2D eigenvalue weighted by atomic mass is 16.5. The average Bonchev–Trinajstić information content (AvgIpc) is 3.23. The fourth-order valence-electron chi connectivity index (χ4n) is 2.81. The minimum Gasteiger partial charge on any atom is -0.497 e. The third-order valence-corrected chi connectivity index (χ3v) is 4.06. The first-order chi connectivity index (χ1) is 10.7. The molecule has 1 aromatic heterocycles. The lowest BCUT2D eigenvalue weighted by Gasteiger charge is -2.22. The molecule has 22 heavy (non-hydrogen) atoms. The summed E-state index contributed by atoms with van der Waals surface area (Å²) < 4.78 is 6.83. The quantitative estimate of drug-likeness (QED) is 0.927. The van der Waals surface area contributed by atoms with Crippen LogP contribution in [0.1, 0.15) is 23.3 Å². The lowest BCUT2D eigenvalue weighted by molar-refractivity contribution is 0.0734. The first-order valence-electron chi connectivity index (χ1n) is 7.44. The SMILES string of the molecule is COc1ccc(-n2ccc(C(=O)N3CCCC3CN)n2)cc1. The normalized spacial score (nSPS) is 17.7. The van der Waals surface area contributed by atoms with E-state index >= 15 is 0 Å². The molecule has 1 aromatic carbocycles. The lowest BCUT2D eigenvalue weighted by atomic mass is 10.2. The summed E-state index contributed by atoms with van der Waals surface area (Å²) in [6, 6.07) is 9.42. The third-order valence-electron chi connectivity index (χ3n) is 4.06. The Morgan fingerprint density at radius 3 is 2.82 bits per heavy atom. The maximum atomic E-state index is 12.5. The molecule has 3 rings (SSSR count). The Kier molecular flexibility index (Phi) is 4.11. The highest BCUT2D eigenvalue weighted by Crippen LogP contribution is 2.19. The number of nitrogens with zero attached hydrogens (tertiary/aromatic N) is 3. The molecular formula is C16H20N4O2. The van der Waals surface area contributed by atoms with Crippen molar-refractivity contribution in [1.29, 1.82) is 0 Å². The van der Waals surface area contributed by atoms with Gasteiger partial charge in [-0.2, -0.15) is 5.10 Å². The molecule has 0 saturated carbocycles. The zero-order valence-corrected chi connectivity index (χ0v) is 12.6. The molecule has 1 unspecified atom stereocenters. The number of hydrogen-bond acceptors (Lipinski definition) is 4. The molecule has 1 aliphatic heterocycles. The molecule has 0 bridgehead atoms. The molecule has 1 saturated heterocycles. The van der Waals surface area contributed by atoms with Crippen LogP contribution in [0.15, 0.2) is 36.5 Å². The second-order valence-corrected chi connectivity index (χ2v) is 5.37. The zero-order chi connectivity index (χ0) is 15.5. The van der Waals surface area contributed by atoms with Gasteiger partial charge in [0.25, 0.3) is 5.91 Å². The Hall–Kier alpha value is -2.34. The maximum absolute atomic E-state index is 12.5. The second kappa shape index (κ2) is 6.19. The largest absolute Gasteiger partial charge is 0.497 e. The molecule has 1 atom stereocenters. The molecule has 2 N–H and O–H groups in total. The van der Waals surface area contributed by atoms with Crippen LogP contribution in [0.3, 0.4) is 0 Å². The number of ether oxygens (including phenoxy) is 1. The van der Waals surface area contributed by atoms with Crippen LogP contribution in [0.4, 0.5) is 0 Å². The van der Waals surface area contributed by atoms with Gasteiger partial charge < -0.3 is 15.4 Å². The van der Waals surface area contributed by atoms with Crippen molar-refractivity contribution >= 4 is 5.91 Å². The number of nitrogens with two attached hydrogens (primary N) is 1. The smallest absolute Gasteiger partial charge is 0.274 e. The van der Waals surface area contributed by atoms with Gasteiger partial charge in [0.2, 0.25) is 0 Å². The van der Waals surface area contributed by atoms with E-state index in [0.717, 1.165) is 30.8 Å². The van der Waals surface area contributed by atoms with Crippen molar-refractivity contribution in [3.63, 3.8) is 0 Å². The van der Waals surface area contributed by atoms with Gasteiger partial charge in [0.05, 0.1) is 12.8 Å². The minimum atomic E-state index is -0.0415. The number of carbonyl (C=O) groups is 1. The van der Waals surface area contributed by atoms with Crippen LogP contribution < -0.4 is 10.5 Å². The predicted octanol–water partition coefficient (Wildman–Crippen LogP) is 1.44. The average molecular weight is 300 g/mol.